The predicted molar refractivity (Wildman–Crippen MR) is 78.5 cm³/mol. The van der Waals surface area contributed by atoms with Crippen molar-refractivity contribution in [1.82, 2.24) is 5.32 Å². The van der Waals surface area contributed by atoms with E-state index in [-0.39, 0.29) is 0 Å². The Hall–Kier alpha value is -1.12. The average molecular weight is 300 g/mol. The molecule has 2 heteroatoms. The number of nitrogens with one attached hydrogen (secondary N) is 1. The maximum absolute atomic E-state index is 3.74. The Morgan fingerprint density at radius 1 is 1.22 bits per heavy atom. The molecule has 0 bridgehead atoms. The zero-order valence-corrected chi connectivity index (χ0v) is 11.5. The van der Waals surface area contributed by atoms with Crippen molar-refractivity contribution in [3.63, 3.8) is 0 Å². The summed E-state index contributed by atoms with van der Waals surface area (Å²) < 4.78 is 1.20. The van der Waals surface area contributed by atoms with Crippen molar-refractivity contribution in [2.24, 2.45) is 5.92 Å². The van der Waals surface area contributed by atoms with Crippen LogP contribution in [0.3, 0.4) is 0 Å². The molecule has 1 heterocycles. The van der Waals surface area contributed by atoms with Gasteiger partial charge >= 0.3 is 0 Å². The molecule has 18 heavy (non-hydrogen) atoms. The highest BCUT2D eigenvalue weighted by molar-refractivity contribution is 9.11. The minimum Gasteiger partial charge on any atom is -0.303 e. The smallest absolute Gasteiger partial charge is 0.0361 e. The number of hydrogen-bond acceptors (Lipinski definition) is 1. The van der Waals surface area contributed by atoms with E-state index >= 15 is 0 Å². The minimum atomic E-state index is 0.464. The number of fused-ring (bicyclic) bond motifs is 4. The Morgan fingerprint density at radius 3 is 3.06 bits per heavy atom. The van der Waals surface area contributed by atoms with E-state index in [1.165, 1.54) is 14.9 Å². The van der Waals surface area contributed by atoms with Gasteiger partial charge in [-0.3, -0.25) is 0 Å². The van der Waals surface area contributed by atoms with E-state index in [1.807, 2.05) is 0 Å². The van der Waals surface area contributed by atoms with Gasteiger partial charge in [0.25, 0.3) is 0 Å². The van der Waals surface area contributed by atoms with E-state index in [1.54, 1.807) is 5.57 Å². The summed E-state index contributed by atoms with van der Waals surface area (Å²) in [5.74, 6) is 0.504. The highest BCUT2D eigenvalue weighted by atomic mass is 79.9. The van der Waals surface area contributed by atoms with Crippen LogP contribution in [0.25, 0.3) is 11.6 Å². The molecule has 0 amide bonds. The van der Waals surface area contributed by atoms with Crippen LogP contribution in [0.2, 0.25) is 0 Å². The second-order valence-electron chi connectivity index (χ2n) is 5.16. The summed E-state index contributed by atoms with van der Waals surface area (Å²) >= 11 is 3.61. The van der Waals surface area contributed by atoms with E-state index in [9.17, 15) is 0 Å². The van der Waals surface area contributed by atoms with E-state index in [0.717, 1.165) is 6.42 Å². The summed E-state index contributed by atoms with van der Waals surface area (Å²) in [4.78, 5) is 0. The molecule has 1 fully saturated rings. The third kappa shape index (κ3) is 1.49. The molecule has 1 aliphatic heterocycles. The quantitative estimate of drug-likeness (QED) is 0.771. The Bertz CT molecular complexity index is 683. The van der Waals surface area contributed by atoms with E-state index in [0.29, 0.717) is 18.0 Å². The van der Waals surface area contributed by atoms with Gasteiger partial charge in [-0.25, -0.2) is 0 Å². The standard InChI is InChI=1S/C16H14BrN/c17-11-6-8-14-13(9-11)16-12-4-2-1-3-10(12)5-7-15(16)18-14/h1-6,8-9,13-15,18H,7H2. The van der Waals surface area contributed by atoms with Crippen LogP contribution >= 0.6 is 15.9 Å². The first-order valence-corrected chi connectivity index (χ1v) is 7.23. The lowest BCUT2D eigenvalue weighted by molar-refractivity contribution is 0.592. The van der Waals surface area contributed by atoms with E-state index < -0.39 is 0 Å². The number of allylic oxidation sites excluding steroid dienone is 2. The average Bonchev–Trinajstić information content (AvgIpc) is 2.77. The zero-order valence-electron chi connectivity index (χ0n) is 9.94. The molecular weight excluding hydrogens is 286 g/mol. The third-order valence-corrected chi connectivity index (χ3v) is 4.69. The molecule has 3 atom stereocenters. The molecule has 1 aromatic rings. The normalized spacial score (nSPS) is 32.2. The van der Waals surface area contributed by atoms with Gasteiger partial charge in [-0.1, -0.05) is 64.5 Å². The molecule has 90 valence electrons. The van der Waals surface area contributed by atoms with Crippen LogP contribution in [0.15, 0.2) is 47.0 Å². The van der Waals surface area contributed by atoms with Crippen LogP contribution in [-0.4, -0.2) is 12.1 Å². The van der Waals surface area contributed by atoms with Crippen molar-refractivity contribution in [3.05, 3.63) is 57.4 Å². The lowest BCUT2D eigenvalue weighted by Gasteiger charge is -2.18. The van der Waals surface area contributed by atoms with Crippen molar-refractivity contribution >= 4 is 27.6 Å². The van der Waals surface area contributed by atoms with Gasteiger partial charge < -0.3 is 5.32 Å². The highest BCUT2D eigenvalue weighted by Gasteiger charge is 2.37. The number of halogens is 1. The molecule has 0 saturated carbocycles. The van der Waals surface area contributed by atoms with Gasteiger partial charge in [0.05, 0.1) is 0 Å². The first-order chi connectivity index (χ1) is 8.83. The molecule has 2 aliphatic carbocycles. The molecule has 1 nitrogen and oxygen atoms in total. The summed E-state index contributed by atoms with van der Waals surface area (Å²) in [6.07, 6.45) is 10.2. The fraction of sp³-hybridized carbons (Fsp3) is 0.250. The molecule has 1 saturated heterocycles. The van der Waals surface area contributed by atoms with Gasteiger partial charge in [-0.05, 0) is 22.4 Å². The lowest BCUT2D eigenvalue weighted by atomic mass is 9.85. The highest BCUT2D eigenvalue weighted by Crippen LogP contribution is 2.36. The minimum absolute atomic E-state index is 0.464. The number of rotatable bonds is 0. The molecule has 0 spiro atoms. The van der Waals surface area contributed by atoms with Gasteiger partial charge in [0.2, 0.25) is 0 Å². The largest absolute Gasteiger partial charge is 0.303 e. The zero-order chi connectivity index (χ0) is 12.1. The molecule has 3 unspecified atom stereocenters. The van der Waals surface area contributed by atoms with Crippen LogP contribution in [-0.2, 0) is 0 Å². The van der Waals surface area contributed by atoms with Gasteiger partial charge in [0.1, 0.15) is 0 Å². The molecule has 4 rings (SSSR count). The lowest BCUT2D eigenvalue weighted by Crippen LogP contribution is -2.37. The summed E-state index contributed by atoms with van der Waals surface area (Å²) in [5.41, 5.74) is 1.57. The Morgan fingerprint density at radius 2 is 2.11 bits per heavy atom. The van der Waals surface area contributed by atoms with Gasteiger partial charge in [-0.15, -0.1) is 0 Å². The number of benzene rings is 1. The summed E-state index contributed by atoms with van der Waals surface area (Å²) in [5, 5.41) is 6.56. The van der Waals surface area contributed by atoms with Crippen molar-refractivity contribution in [1.29, 1.82) is 0 Å². The molecule has 1 aromatic carbocycles. The van der Waals surface area contributed by atoms with Crippen molar-refractivity contribution in [3.8, 4) is 0 Å². The fourth-order valence-corrected chi connectivity index (χ4v) is 3.83. The van der Waals surface area contributed by atoms with E-state index in [4.69, 9.17) is 0 Å². The Labute approximate surface area is 115 Å². The second-order valence-corrected chi connectivity index (χ2v) is 6.08. The van der Waals surface area contributed by atoms with Crippen molar-refractivity contribution < 1.29 is 0 Å². The first kappa shape index (κ1) is 10.8. The topological polar surface area (TPSA) is 12.0 Å². The molecule has 0 radical (unpaired) electrons. The van der Waals surface area contributed by atoms with Crippen LogP contribution in [0, 0.1) is 5.92 Å². The maximum Gasteiger partial charge on any atom is 0.0361 e. The van der Waals surface area contributed by atoms with Crippen molar-refractivity contribution in [2.75, 3.05) is 0 Å². The van der Waals surface area contributed by atoms with Crippen LogP contribution in [0.1, 0.15) is 6.42 Å². The third-order valence-electron chi connectivity index (χ3n) is 4.16. The van der Waals surface area contributed by atoms with Gasteiger partial charge in [-0.2, -0.15) is 0 Å². The maximum atomic E-state index is 3.74. The Balaban J connectivity index is 2.00. The van der Waals surface area contributed by atoms with Gasteiger partial charge in [0, 0.05) is 22.5 Å². The Kier molecular flexibility index (Phi) is 2.36. The first-order valence-electron chi connectivity index (χ1n) is 6.44. The molecular formula is C16H14BrN. The van der Waals surface area contributed by atoms with E-state index in [2.05, 4.69) is 69.8 Å². The molecule has 1 N–H and O–H groups in total. The van der Waals surface area contributed by atoms with Gasteiger partial charge in [0.15, 0.2) is 0 Å². The molecule has 3 aliphatic rings. The molecule has 0 aromatic heterocycles. The summed E-state index contributed by atoms with van der Waals surface area (Å²) in [7, 11) is 0. The van der Waals surface area contributed by atoms with Crippen LogP contribution in [0.4, 0.5) is 0 Å². The van der Waals surface area contributed by atoms with Crippen molar-refractivity contribution in [2.45, 2.75) is 18.5 Å². The second kappa shape index (κ2) is 3.94. The number of hydrogen-bond donors (Lipinski definition) is 1. The fourth-order valence-electron chi connectivity index (χ4n) is 3.39. The van der Waals surface area contributed by atoms with Crippen LogP contribution in [0.5, 0.6) is 0 Å². The summed E-state index contributed by atoms with van der Waals surface area (Å²) in [6, 6.07) is 9.73. The predicted octanol–water partition coefficient (Wildman–Crippen LogP) is 1.83. The monoisotopic (exact) mass is 299 g/mol. The summed E-state index contributed by atoms with van der Waals surface area (Å²) in [6.45, 7) is 0. The SMILES string of the molecule is BrC1=CC2C3=c4ccccc4=CCC3NC2C=C1. The van der Waals surface area contributed by atoms with Crippen LogP contribution < -0.4 is 15.8 Å².